The highest BCUT2D eigenvalue weighted by molar-refractivity contribution is 5.66. The highest BCUT2D eigenvalue weighted by Gasteiger charge is 2.33. The number of nitrogens with one attached hydrogen (secondary N) is 1. The topological polar surface area (TPSA) is 91.7 Å². The van der Waals surface area contributed by atoms with Crippen LogP contribution in [-0.4, -0.2) is 38.7 Å². The smallest absolute Gasteiger partial charge is 0.180 e. The minimum atomic E-state index is -0.619. The second kappa shape index (κ2) is 4.92. The van der Waals surface area contributed by atoms with Crippen LogP contribution in [0.2, 0.25) is 0 Å². The summed E-state index contributed by atoms with van der Waals surface area (Å²) in [6, 6.07) is 0. The van der Waals surface area contributed by atoms with E-state index in [0.717, 1.165) is 31.3 Å². The molecule has 2 heterocycles. The van der Waals surface area contributed by atoms with E-state index < -0.39 is 5.60 Å². The summed E-state index contributed by atoms with van der Waals surface area (Å²) in [5, 5.41) is 10.5. The third-order valence-corrected chi connectivity index (χ3v) is 3.93. The highest BCUT2D eigenvalue weighted by Crippen LogP contribution is 2.31. The van der Waals surface area contributed by atoms with Gasteiger partial charge < -0.3 is 19.8 Å². The lowest BCUT2D eigenvalue weighted by Gasteiger charge is -2.29. The highest BCUT2D eigenvalue weighted by atomic mass is 16.3. The maximum atomic E-state index is 10.5. The number of aromatic nitrogens is 3. The minimum Gasteiger partial charge on any atom is -0.388 e. The zero-order valence-electron chi connectivity index (χ0n) is 11.6. The first kappa shape index (κ1) is 13.1. The number of hydrazine groups is 1. The number of likely N-dealkylation sites (N-methyl/N-ethyl adjacent to an activating group) is 1. The van der Waals surface area contributed by atoms with Crippen molar-refractivity contribution in [2.75, 3.05) is 23.9 Å². The molecule has 0 aliphatic heterocycles. The Hall–Kier alpha value is -1.86. The zero-order chi connectivity index (χ0) is 14.2. The van der Waals surface area contributed by atoms with Crippen molar-refractivity contribution in [1.29, 1.82) is 0 Å². The lowest BCUT2D eigenvalue weighted by Crippen LogP contribution is -2.39. The van der Waals surface area contributed by atoms with Gasteiger partial charge in [-0.25, -0.2) is 15.8 Å². The van der Waals surface area contributed by atoms with Gasteiger partial charge in [0, 0.05) is 26.0 Å². The van der Waals surface area contributed by atoms with Crippen LogP contribution in [0.1, 0.15) is 25.7 Å². The van der Waals surface area contributed by atoms with Gasteiger partial charge in [-0.1, -0.05) is 12.8 Å². The van der Waals surface area contributed by atoms with Gasteiger partial charge in [-0.3, -0.25) is 0 Å². The number of nitrogens with two attached hydrogens (primary N) is 1. The maximum Gasteiger partial charge on any atom is 0.180 e. The molecule has 0 aromatic carbocycles. The number of hydrogen-bond donors (Lipinski definition) is 3. The Morgan fingerprint density at radius 3 is 2.95 bits per heavy atom. The molecule has 1 fully saturated rings. The summed E-state index contributed by atoms with van der Waals surface area (Å²) in [5.74, 6) is 6.73. The molecule has 2 aromatic rings. The molecule has 0 amide bonds. The molecule has 4 N–H and O–H groups in total. The van der Waals surface area contributed by atoms with Crippen molar-refractivity contribution in [2.45, 2.75) is 31.3 Å². The summed E-state index contributed by atoms with van der Waals surface area (Å²) in [6.07, 6.45) is 9.21. The van der Waals surface area contributed by atoms with Crippen LogP contribution in [0.15, 0.2) is 18.6 Å². The molecule has 0 atom stereocenters. The number of rotatable bonds is 4. The molecule has 1 saturated carbocycles. The predicted molar refractivity (Wildman–Crippen MR) is 77.5 cm³/mol. The van der Waals surface area contributed by atoms with Crippen molar-refractivity contribution >= 4 is 17.3 Å². The monoisotopic (exact) mass is 276 g/mol. The van der Waals surface area contributed by atoms with E-state index in [9.17, 15) is 5.11 Å². The largest absolute Gasteiger partial charge is 0.388 e. The lowest BCUT2D eigenvalue weighted by molar-refractivity contribution is 0.0558. The van der Waals surface area contributed by atoms with Crippen LogP contribution >= 0.6 is 0 Å². The second-order valence-electron chi connectivity index (χ2n) is 5.54. The number of imidazole rings is 1. The fourth-order valence-electron chi connectivity index (χ4n) is 2.95. The van der Waals surface area contributed by atoms with Crippen molar-refractivity contribution in [3.05, 3.63) is 18.6 Å². The molecule has 3 rings (SSSR count). The summed E-state index contributed by atoms with van der Waals surface area (Å²) in [7, 11) is 1.92. The molecule has 0 saturated heterocycles. The van der Waals surface area contributed by atoms with Crippen LogP contribution in [0.25, 0.3) is 5.65 Å². The zero-order valence-corrected chi connectivity index (χ0v) is 11.6. The molecule has 7 nitrogen and oxygen atoms in total. The Morgan fingerprint density at radius 2 is 2.25 bits per heavy atom. The Kier molecular flexibility index (Phi) is 3.23. The molecule has 7 heteroatoms. The average molecular weight is 276 g/mol. The van der Waals surface area contributed by atoms with Crippen LogP contribution in [0, 0.1) is 0 Å². The van der Waals surface area contributed by atoms with Crippen LogP contribution in [0.5, 0.6) is 0 Å². The predicted octanol–water partition coefficient (Wildman–Crippen LogP) is 0.756. The summed E-state index contributed by atoms with van der Waals surface area (Å²) < 4.78 is 1.87. The van der Waals surface area contributed by atoms with Crippen LogP contribution in [0.3, 0.4) is 0 Å². The number of aliphatic hydroxyl groups is 1. The summed E-state index contributed by atoms with van der Waals surface area (Å²) >= 11 is 0. The fraction of sp³-hybridized carbons (Fsp3) is 0.538. The third kappa shape index (κ3) is 2.30. The van der Waals surface area contributed by atoms with Gasteiger partial charge in [0.25, 0.3) is 0 Å². The van der Waals surface area contributed by atoms with Gasteiger partial charge in [0.15, 0.2) is 17.3 Å². The first-order valence-electron chi connectivity index (χ1n) is 6.85. The molecule has 1 aliphatic carbocycles. The van der Waals surface area contributed by atoms with Crippen molar-refractivity contribution in [3.8, 4) is 0 Å². The van der Waals surface area contributed by atoms with Gasteiger partial charge in [0.05, 0.1) is 11.8 Å². The van der Waals surface area contributed by atoms with E-state index >= 15 is 0 Å². The first-order chi connectivity index (χ1) is 9.61. The van der Waals surface area contributed by atoms with Crippen LogP contribution < -0.4 is 16.2 Å². The van der Waals surface area contributed by atoms with Crippen LogP contribution in [0.4, 0.5) is 11.6 Å². The fourth-order valence-corrected chi connectivity index (χ4v) is 2.95. The van der Waals surface area contributed by atoms with Crippen molar-refractivity contribution in [2.24, 2.45) is 5.84 Å². The molecule has 0 spiro atoms. The van der Waals surface area contributed by atoms with Crippen molar-refractivity contribution in [1.82, 2.24) is 14.4 Å². The van der Waals surface area contributed by atoms with Gasteiger partial charge in [0.2, 0.25) is 0 Å². The number of anilines is 2. The number of hydrogen-bond acceptors (Lipinski definition) is 6. The Labute approximate surface area is 117 Å². The number of nitrogen functional groups attached to an aromatic ring is 1. The van der Waals surface area contributed by atoms with Crippen molar-refractivity contribution < 1.29 is 5.11 Å². The number of nitrogens with zero attached hydrogens (tertiary/aromatic N) is 4. The van der Waals surface area contributed by atoms with Gasteiger partial charge in [0.1, 0.15) is 0 Å². The third-order valence-electron chi connectivity index (χ3n) is 3.93. The molecule has 0 unspecified atom stereocenters. The summed E-state index contributed by atoms with van der Waals surface area (Å²) in [5.41, 5.74) is 2.70. The SMILES string of the molecule is CN(CC1(O)CCCC1)c1nc(NN)cn2ccnc12. The van der Waals surface area contributed by atoms with E-state index in [2.05, 4.69) is 15.4 Å². The molecular formula is C13H20N6O. The van der Waals surface area contributed by atoms with Gasteiger partial charge in [-0.15, -0.1) is 0 Å². The van der Waals surface area contributed by atoms with Gasteiger partial charge >= 0.3 is 0 Å². The maximum absolute atomic E-state index is 10.5. The molecule has 1 aliphatic rings. The van der Waals surface area contributed by atoms with E-state index in [1.807, 2.05) is 22.5 Å². The number of fused-ring (bicyclic) bond motifs is 1. The van der Waals surface area contributed by atoms with E-state index in [-0.39, 0.29) is 0 Å². The second-order valence-corrected chi connectivity index (χ2v) is 5.54. The molecule has 108 valence electrons. The molecular weight excluding hydrogens is 256 g/mol. The molecule has 2 aromatic heterocycles. The quantitative estimate of drug-likeness (QED) is 0.564. The minimum absolute atomic E-state index is 0.552. The molecule has 0 radical (unpaired) electrons. The van der Waals surface area contributed by atoms with E-state index in [1.165, 1.54) is 0 Å². The molecule has 20 heavy (non-hydrogen) atoms. The lowest BCUT2D eigenvalue weighted by atomic mass is 10.0. The Morgan fingerprint density at radius 1 is 1.50 bits per heavy atom. The van der Waals surface area contributed by atoms with E-state index in [4.69, 9.17) is 5.84 Å². The van der Waals surface area contributed by atoms with Crippen LogP contribution in [-0.2, 0) is 0 Å². The van der Waals surface area contributed by atoms with E-state index in [0.29, 0.717) is 18.2 Å². The van der Waals surface area contributed by atoms with Crippen molar-refractivity contribution in [3.63, 3.8) is 0 Å². The molecule has 0 bridgehead atoms. The Balaban J connectivity index is 1.93. The standard InChI is InChI=1S/C13H20N6O/c1-18(9-13(20)4-2-3-5-13)12-11-15-6-7-19(11)8-10(16-12)17-14/h6-8,17,20H,2-5,9,14H2,1H3. The average Bonchev–Trinajstić information content (AvgIpc) is 3.05. The van der Waals surface area contributed by atoms with Gasteiger partial charge in [-0.05, 0) is 12.8 Å². The summed E-state index contributed by atoms with van der Waals surface area (Å²) in [4.78, 5) is 10.7. The normalized spacial score (nSPS) is 17.6. The summed E-state index contributed by atoms with van der Waals surface area (Å²) in [6.45, 7) is 0.552. The Bertz CT molecular complexity index is 604. The van der Waals surface area contributed by atoms with E-state index in [1.54, 1.807) is 12.4 Å². The first-order valence-corrected chi connectivity index (χ1v) is 6.85. The van der Waals surface area contributed by atoms with Gasteiger partial charge in [-0.2, -0.15) is 0 Å².